The van der Waals surface area contributed by atoms with Gasteiger partial charge in [0.15, 0.2) is 0 Å². The van der Waals surface area contributed by atoms with Gasteiger partial charge in [0.05, 0.1) is 9.99 Å². The van der Waals surface area contributed by atoms with Gasteiger partial charge in [0, 0.05) is 24.7 Å². The molecular weight excluding hydrogens is 265 g/mol. The van der Waals surface area contributed by atoms with Gasteiger partial charge in [-0.3, -0.25) is 0 Å². The number of anilines is 1. The minimum Gasteiger partial charge on any atom is -0.373 e. The van der Waals surface area contributed by atoms with Crippen molar-refractivity contribution in [2.24, 2.45) is 0 Å². The number of hydrogen-bond acceptors (Lipinski definition) is 3. The first-order valence-corrected chi connectivity index (χ1v) is 5.17. The van der Waals surface area contributed by atoms with Crippen LogP contribution in [-0.4, -0.2) is 17.0 Å². The normalized spacial score (nSPS) is 10.5. The Morgan fingerprint density at radius 3 is 2.93 bits per heavy atom. The van der Waals surface area contributed by atoms with Gasteiger partial charge in [-0.05, 0) is 22.0 Å². The highest BCUT2D eigenvalue weighted by molar-refractivity contribution is 9.10. The van der Waals surface area contributed by atoms with Crippen LogP contribution in [0, 0.1) is 0 Å². The van der Waals surface area contributed by atoms with Gasteiger partial charge >= 0.3 is 0 Å². The van der Waals surface area contributed by atoms with E-state index in [1.54, 1.807) is 6.20 Å². The molecule has 5 heteroatoms. The van der Waals surface area contributed by atoms with Crippen molar-refractivity contribution in [1.82, 2.24) is 9.97 Å². The fourth-order valence-corrected chi connectivity index (χ4v) is 1.64. The molecule has 0 amide bonds. The molecule has 14 heavy (non-hydrogen) atoms. The van der Waals surface area contributed by atoms with Crippen LogP contribution in [0.2, 0.25) is 5.15 Å². The molecule has 72 valence electrons. The second-order valence-electron chi connectivity index (χ2n) is 2.77. The molecule has 0 unspecified atom stereocenters. The number of pyridine rings is 2. The molecule has 0 saturated carbocycles. The Balaban J connectivity index is 2.70. The highest BCUT2D eigenvalue weighted by Crippen LogP contribution is 2.25. The van der Waals surface area contributed by atoms with E-state index in [0.29, 0.717) is 5.15 Å². The third-order valence-electron chi connectivity index (χ3n) is 1.87. The van der Waals surface area contributed by atoms with Crippen LogP contribution in [0.1, 0.15) is 0 Å². The Bertz CT molecular complexity index is 487. The minimum absolute atomic E-state index is 0.464. The summed E-state index contributed by atoms with van der Waals surface area (Å²) in [5, 5.41) is 4.37. The lowest BCUT2D eigenvalue weighted by Gasteiger charge is -2.02. The fraction of sp³-hybridized carbons (Fsp3) is 0.111. The Hall–Kier alpha value is -0.870. The van der Waals surface area contributed by atoms with E-state index in [2.05, 4.69) is 31.2 Å². The average Bonchev–Trinajstić information content (AvgIpc) is 2.19. The Morgan fingerprint density at radius 2 is 2.21 bits per heavy atom. The molecule has 2 aromatic heterocycles. The van der Waals surface area contributed by atoms with E-state index in [0.717, 1.165) is 21.2 Å². The summed E-state index contributed by atoms with van der Waals surface area (Å²) in [5.41, 5.74) is 0.831. The quantitative estimate of drug-likeness (QED) is 0.811. The second kappa shape index (κ2) is 3.71. The molecule has 2 rings (SSSR count). The lowest BCUT2D eigenvalue weighted by molar-refractivity contribution is 1.29. The van der Waals surface area contributed by atoms with Crippen molar-refractivity contribution in [3.8, 4) is 0 Å². The highest BCUT2D eigenvalue weighted by Gasteiger charge is 2.03. The zero-order valence-electron chi connectivity index (χ0n) is 7.38. The number of nitrogens with zero attached hydrogens (tertiary/aromatic N) is 2. The molecule has 2 aromatic rings. The number of aromatic nitrogens is 2. The fourth-order valence-electron chi connectivity index (χ4n) is 1.16. The van der Waals surface area contributed by atoms with Crippen molar-refractivity contribution in [3.05, 3.63) is 28.0 Å². The topological polar surface area (TPSA) is 37.8 Å². The standard InChI is InChI=1S/C9H7BrClN3/c1-12-8-3-7-5(4-13-8)2-6(10)9(11)14-7/h2-4H,1H3,(H,12,13). The van der Waals surface area contributed by atoms with Crippen LogP contribution in [0.3, 0.4) is 0 Å². The second-order valence-corrected chi connectivity index (χ2v) is 3.99. The molecule has 0 aliphatic heterocycles. The van der Waals surface area contributed by atoms with Gasteiger partial charge in [0.2, 0.25) is 0 Å². The van der Waals surface area contributed by atoms with Crippen molar-refractivity contribution in [1.29, 1.82) is 0 Å². The predicted molar refractivity (Wildman–Crippen MR) is 61.8 cm³/mol. The van der Waals surface area contributed by atoms with E-state index in [1.165, 1.54) is 0 Å². The zero-order chi connectivity index (χ0) is 10.1. The van der Waals surface area contributed by atoms with Gasteiger partial charge < -0.3 is 5.32 Å². The van der Waals surface area contributed by atoms with Crippen LogP contribution in [-0.2, 0) is 0 Å². The number of hydrogen-bond donors (Lipinski definition) is 1. The van der Waals surface area contributed by atoms with Gasteiger partial charge in [-0.15, -0.1) is 0 Å². The average molecular weight is 273 g/mol. The van der Waals surface area contributed by atoms with E-state index < -0.39 is 0 Å². The molecule has 1 N–H and O–H groups in total. The van der Waals surface area contributed by atoms with Crippen molar-refractivity contribution in [3.63, 3.8) is 0 Å². The van der Waals surface area contributed by atoms with Crippen LogP contribution in [0.4, 0.5) is 5.82 Å². The Labute approximate surface area is 94.6 Å². The molecule has 3 nitrogen and oxygen atoms in total. The smallest absolute Gasteiger partial charge is 0.143 e. The van der Waals surface area contributed by atoms with Crippen molar-refractivity contribution >= 4 is 44.3 Å². The monoisotopic (exact) mass is 271 g/mol. The van der Waals surface area contributed by atoms with Crippen molar-refractivity contribution in [2.45, 2.75) is 0 Å². The first-order chi connectivity index (χ1) is 6.70. The van der Waals surface area contributed by atoms with Gasteiger partial charge in [-0.2, -0.15) is 0 Å². The van der Waals surface area contributed by atoms with E-state index >= 15 is 0 Å². The first-order valence-electron chi connectivity index (χ1n) is 4.00. The van der Waals surface area contributed by atoms with E-state index in [-0.39, 0.29) is 0 Å². The van der Waals surface area contributed by atoms with E-state index in [9.17, 15) is 0 Å². The summed E-state index contributed by atoms with van der Waals surface area (Å²) in [6.45, 7) is 0. The maximum Gasteiger partial charge on any atom is 0.143 e. The predicted octanol–water partition coefficient (Wildman–Crippen LogP) is 3.09. The van der Waals surface area contributed by atoms with Gasteiger partial charge in [-0.1, -0.05) is 11.6 Å². The molecule has 0 bridgehead atoms. The van der Waals surface area contributed by atoms with Crippen LogP contribution in [0.15, 0.2) is 22.8 Å². The van der Waals surface area contributed by atoms with E-state index in [4.69, 9.17) is 11.6 Å². The zero-order valence-corrected chi connectivity index (χ0v) is 9.72. The Kier molecular flexibility index (Phi) is 2.56. The number of nitrogens with one attached hydrogen (secondary N) is 1. The Morgan fingerprint density at radius 1 is 1.43 bits per heavy atom. The molecule has 0 saturated heterocycles. The summed E-state index contributed by atoms with van der Waals surface area (Å²) >= 11 is 9.20. The summed E-state index contributed by atoms with van der Waals surface area (Å²) < 4.78 is 0.783. The molecule has 0 aliphatic rings. The summed E-state index contributed by atoms with van der Waals surface area (Å²) in [6, 6.07) is 3.75. The van der Waals surface area contributed by atoms with Crippen LogP contribution < -0.4 is 5.32 Å². The SMILES string of the molecule is CNc1cc2nc(Cl)c(Br)cc2cn1. The molecule has 0 radical (unpaired) electrons. The summed E-state index contributed by atoms with van der Waals surface area (Å²) in [4.78, 5) is 8.40. The third-order valence-corrected chi connectivity index (χ3v) is 2.99. The van der Waals surface area contributed by atoms with Crippen molar-refractivity contribution < 1.29 is 0 Å². The highest BCUT2D eigenvalue weighted by atomic mass is 79.9. The number of fused-ring (bicyclic) bond motifs is 1. The molecule has 0 aromatic carbocycles. The largest absolute Gasteiger partial charge is 0.373 e. The first kappa shape index (κ1) is 9.68. The van der Waals surface area contributed by atoms with Crippen LogP contribution in [0.25, 0.3) is 10.9 Å². The number of halogens is 2. The van der Waals surface area contributed by atoms with Crippen molar-refractivity contribution in [2.75, 3.05) is 12.4 Å². The maximum absolute atomic E-state index is 5.88. The van der Waals surface area contributed by atoms with Gasteiger partial charge in [-0.25, -0.2) is 9.97 Å². The molecule has 0 fully saturated rings. The summed E-state index contributed by atoms with van der Waals surface area (Å²) in [6.07, 6.45) is 1.76. The van der Waals surface area contributed by atoms with E-state index in [1.807, 2.05) is 19.2 Å². The van der Waals surface area contributed by atoms with Crippen LogP contribution in [0.5, 0.6) is 0 Å². The minimum atomic E-state index is 0.464. The van der Waals surface area contributed by atoms with Crippen LogP contribution >= 0.6 is 27.5 Å². The molecule has 0 aliphatic carbocycles. The maximum atomic E-state index is 5.88. The summed E-state index contributed by atoms with van der Waals surface area (Å²) in [7, 11) is 1.81. The number of rotatable bonds is 1. The van der Waals surface area contributed by atoms with Gasteiger partial charge in [0.25, 0.3) is 0 Å². The molecular formula is C9H7BrClN3. The lowest BCUT2D eigenvalue weighted by atomic mass is 10.3. The van der Waals surface area contributed by atoms with Gasteiger partial charge in [0.1, 0.15) is 11.0 Å². The molecule has 0 spiro atoms. The third kappa shape index (κ3) is 1.67. The molecule has 0 atom stereocenters. The summed E-state index contributed by atoms with van der Waals surface area (Å²) in [5.74, 6) is 0.781. The lowest BCUT2D eigenvalue weighted by Crippen LogP contribution is -1.92. The molecule has 2 heterocycles.